The summed E-state index contributed by atoms with van der Waals surface area (Å²) in [5, 5.41) is 13.0. The van der Waals surface area contributed by atoms with Gasteiger partial charge in [-0.05, 0) is 24.0 Å². The van der Waals surface area contributed by atoms with Gasteiger partial charge in [-0.15, -0.1) is 0 Å². The summed E-state index contributed by atoms with van der Waals surface area (Å²) in [6.45, 7) is 1.62. The summed E-state index contributed by atoms with van der Waals surface area (Å²) in [6.07, 6.45) is 3.80. The summed E-state index contributed by atoms with van der Waals surface area (Å²) < 4.78 is 5.18. The van der Waals surface area contributed by atoms with Gasteiger partial charge in [-0.2, -0.15) is 0 Å². The van der Waals surface area contributed by atoms with Gasteiger partial charge in [-0.3, -0.25) is 0 Å². The molecule has 0 aromatic heterocycles. The fourth-order valence-corrected chi connectivity index (χ4v) is 3.17. The van der Waals surface area contributed by atoms with Crippen molar-refractivity contribution in [1.82, 2.24) is 10.2 Å². The number of nitrogens with one attached hydrogen (secondary N) is 1. The van der Waals surface area contributed by atoms with Crippen LogP contribution in [0.4, 0.5) is 4.79 Å². The minimum atomic E-state index is -0.276. The van der Waals surface area contributed by atoms with Crippen LogP contribution >= 0.6 is 0 Å². The predicted molar refractivity (Wildman–Crippen MR) is 90.0 cm³/mol. The van der Waals surface area contributed by atoms with E-state index in [1.54, 1.807) is 19.1 Å². The van der Waals surface area contributed by atoms with Crippen LogP contribution < -0.4 is 5.32 Å². The third-order valence-corrected chi connectivity index (χ3v) is 4.57. The van der Waals surface area contributed by atoms with Crippen LogP contribution in [0.2, 0.25) is 0 Å². The highest BCUT2D eigenvalue weighted by Crippen LogP contribution is 2.24. The fourth-order valence-electron chi connectivity index (χ4n) is 3.17. The van der Waals surface area contributed by atoms with Crippen LogP contribution in [0.5, 0.6) is 0 Å². The second kappa shape index (κ2) is 8.89. The molecule has 0 radical (unpaired) electrons. The number of rotatable bonds is 6. The minimum Gasteiger partial charge on any atom is -0.393 e. The summed E-state index contributed by atoms with van der Waals surface area (Å²) in [4.78, 5) is 13.9. The Kier molecular flexibility index (Phi) is 6.86. The van der Waals surface area contributed by atoms with Gasteiger partial charge >= 0.3 is 6.03 Å². The molecule has 2 N–H and O–H groups in total. The number of carbonyl (C=O) groups is 1. The third kappa shape index (κ3) is 5.22. The van der Waals surface area contributed by atoms with E-state index in [1.807, 2.05) is 24.3 Å². The topological polar surface area (TPSA) is 61.8 Å². The smallest absolute Gasteiger partial charge is 0.317 e. The molecule has 1 aromatic carbocycles. The quantitative estimate of drug-likeness (QED) is 0.847. The van der Waals surface area contributed by atoms with E-state index < -0.39 is 0 Å². The molecule has 2 amide bonds. The average molecular weight is 320 g/mol. The predicted octanol–water partition coefficient (Wildman–Crippen LogP) is 2.53. The van der Waals surface area contributed by atoms with E-state index in [0.29, 0.717) is 19.7 Å². The lowest BCUT2D eigenvalue weighted by Gasteiger charge is -2.31. The van der Waals surface area contributed by atoms with Gasteiger partial charge in [0, 0.05) is 33.2 Å². The van der Waals surface area contributed by atoms with Crippen LogP contribution in [-0.2, 0) is 17.9 Å². The number of hydrogen-bond donors (Lipinski definition) is 2. The number of methoxy groups -OCH3 is 1. The Morgan fingerprint density at radius 3 is 2.70 bits per heavy atom. The van der Waals surface area contributed by atoms with Gasteiger partial charge in [0.2, 0.25) is 0 Å². The SMILES string of the molecule is COCc1ccccc1CNC(=O)N(C)CC1CCCCC1O. The number of hydrogen-bond acceptors (Lipinski definition) is 3. The zero-order chi connectivity index (χ0) is 16.7. The Morgan fingerprint density at radius 2 is 2.00 bits per heavy atom. The van der Waals surface area contributed by atoms with Crippen LogP contribution in [0.25, 0.3) is 0 Å². The van der Waals surface area contributed by atoms with E-state index in [1.165, 1.54) is 0 Å². The first-order valence-corrected chi connectivity index (χ1v) is 8.34. The van der Waals surface area contributed by atoms with Crippen LogP contribution in [0.1, 0.15) is 36.8 Å². The number of benzene rings is 1. The number of ether oxygens (including phenoxy) is 1. The first kappa shape index (κ1) is 17.8. The molecule has 5 nitrogen and oxygen atoms in total. The summed E-state index contributed by atoms with van der Waals surface area (Å²) in [7, 11) is 3.45. The van der Waals surface area contributed by atoms with Crippen LogP contribution in [0.15, 0.2) is 24.3 Å². The zero-order valence-electron chi connectivity index (χ0n) is 14.1. The van der Waals surface area contributed by atoms with Gasteiger partial charge in [0.1, 0.15) is 0 Å². The van der Waals surface area contributed by atoms with Crippen molar-refractivity contribution in [3.05, 3.63) is 35.4 Å². The Bertz CT molecular complexity index is 507. The van der Waals surface area contributed by atoms with Gasteiger partial charge in [0.05, 0.1) is 12.7 Å². The number of carbonyl (C=O) groups excluding carboxylic acids is 1. The lowest BCUT2D eigenvalue weighted by Crippen LogP contribution is -2.42. The Morgan fingerprint density at radius 1 is 1.30 bits per heavy atom. The van der Waals surface area contributed by atoms with E-state index in [4.69, 9.17) is 4.74 Å². The second-order valence-electron chi connectivity index (χ2n) is 6.35. The number of aliphatic hydroxyl groups is 1. The van der Waals surface area contributed by atoms with E-state index in [0.717, 1.165) is 36.8 Å². The molecular weight excluding hydrogens is 292 g/mol. The van der Waals surface area contributed by atoms with E-state index in [9.17, 15) is 9.90 Å². The molecule has 2 atom stereocenters. The number of nitrogens with zero attached hydrogens (tertiary/aromatic N) is 1. The van der Waals surface area contributed by atoms with Crippen molar-refractivity contribution in [3.8, 4) is 0 Å². The molecule has 5 heteroatoms. The first-order chi connectivity index (χ1) is 11.1. The van der Waals surface area contributed by atoms with Gasteiger partial charge in [-0.25, -0.2) is 4.79 Å². The number of aliphatic hydroxyl groups excluding tert-OH is 1. The monoisotopic (exact) mass is 320 g/mol. The lowest BCUT2D eigenvalue weighted by molar-refractivity contribution is 0.0565. The maximum atomic E-state index is 12.3. The highest BCUT2D eigenvalue weighted by molar-refractivity contribution is 5.73. The molecule has 0 aliphatic heterocycles. The van der Waals surface area contributed by atoms with Crippen molar-refractivity contribution in [3.63, 3.8) is 0 Å². The van der Waals surface area contributed by atoms with Crippen molar-refractivity contribution >= 4 is 6.03 Å². The van der Waals surface area contributed by atoms with E-state index in [2.05, 4.69) is 5.32 Å². The first-order valence-electron chi connectivity index (χ1n) is 8.34. The lowest BCUT2D eigenvalue weighted by atomic mass is 9.86. The van der Waals surface area contributed by atoms with Gasteiger partial charge in [0.15, 0.2) is 0 Å². The molecule has 1 aliphatic rings. The van der Waals surface area contributed by atoms with Gasteiger partial charge in [0.25, 0.3) is 0 Å². The molecule has 1 fully saturated rings. The van der Waals surface area contributed by atoms with E-state index in [-0.39, 0.29) is 18.1 Å². The van der Waals surface area contributed by atoms with Crippen molar-refractivity contribution in [2.75, 3.05) is 20.7 Å². The van der Waals surface area contributed by atoms with Gasteiger partial charge < -0.3 is 20.1 Å². The average Bonchev–Trinajstić information content (AvgIpc) is 2.56. The molecule has 128 valence electrons. The summed E-state index contributed by atoms with van der Waals surface area (Å²) in [6, 6.07) is 7.83. The molecule has 2 rings (SSSR count). The number of urea groups is 1. The largest absolute Gasteiger partial charge is 0.393 e. The molecule has 1 aromatic rings. The summed E-state index contributed by atoms with van der Waals surface area (Å²) >= 11 is 0. The van der Waals surface area contributed by atoms with Crippen LogP contribution in [0.3, 0.4) is 0 Å². The molecular formula is C18H28N2O3. The highest BCUT2D eigenvalue weighted by Gasteiger charge is 2.25. The Balaban J connectivity index is 1.84. The fraction of sp³-hybridized carbons (Fsp3) is 0.611. The van der Waals surface area contributed by atoms with Gasteiger partial charge in [-0.1, -0.05) is 37.1 Å². The zero-order valence-corrected chi connectivity index (χ0v) is 14.1. The maximum Gasteiger partial charge on any atom is 0.317 e. The molecule has 0 bridgehead atoms. The van der Waals surface area contributed by atoms with Crippen molar-refractivity contribution in [2.45, 2.75) is 44.9 Å². The second-order valence-corrected chi connectivity index (χ2v) is 6.35. The third-order valence-electron chi connectivity index (χ3n) is 4.57. The Labute approximate surface area is 138 Å². The molecule has 0 heterocycles. The molecule has 0 spiro atoms. The van der Waals surface area contributed by atoms with E-state index >= 15 is 0 Å². The minimum absolute atomic E-state index is 0.102. The van der Waals surface area contributed by atoms with Crippen molar-refractivity contribution < 1.29 is 14.6 Å². The molecule has 1 saturated carbocycles. The summed E-state index contributed by atoms with van der Waals surface area (Å²) in [5.41, 5.74) is 2.15. The molecule has 2 unspecified atom stereocenters. The van der Waals surface area contributed by atoms with Crippen molar-refractivity contribution in [1.29, 1.82) is 0 Å². The molecule has 0 saturated heterocycles. The van der Waals surface area contributed by atoms with Crippen molar-refractivity contribution in [2.24, 2.45) is 5.92 Å². The van der Waals surface area contributed by atoms with Crippen LogP contribution in [-0.4, -0.2) is 42.8 Å². The normalized spacial score (nSPS) is 21.0. The molecule has 23 heavy (non-hydrogen) atoms. The highest BCUT2D eigenvalue weighted by atomic mass is 16.5. The maximum absolute atomic E-state index is 12.3. The Hall–Kier alpha value is -1.59. The number of amides is 2. The molecule has 1 aliphatic carbocycles. The summed E-state index contributed by atoms with van der Waals surface area (Å²) in [5.74, 6) is 0.195. The van der Waals surface area contributed by atoms with Crippen LogP contribution in [0, 0.1) is 5.92 Å². The standard InChI is InChI=1S/C18H28N2O3/c1-20(12-15-8-5-6-10-17(15)21)18(22)19-11-14-7-3-4-9-16(14)13-23-2/h3-4,7,9,15,17,21H,5-6,8,10-13H2,1-2H3,(H,19,22).